The molecule has 72 valence electrons. The summed E-state index contributed by atoms with van der Waals surface area (Å²) in [6, 6.07) is 1.72. The van der Waals surface area contributed by atoms with E-state index in [1.54, 1.807) is 16.7 Å². The summed E-state index contributed by atoms with van der Waals surface area (Å²) >= 11 is 0. The normalized spacial score (nSPS) is 10.6. The zero-order valence-electron chi connectivity index (χ0n) is 7.21. The molecular weight excluding hydrogens is 184 g/mol. The SMILES string of the molecule is NCc1ccnc2nc(C(=O)O)cn12. The number of carboxylic acid groups (broad SMARTS) is 1. The van der Waals surface area contributed by atoms with Crippen LogP contribution in [0.1, 0.15) is 16.2 Å². The second-order valence-corrected chi connectivity index (χ2v) is 2.74. The zero-order chi connectivity index (χ0) is 10.1. The van der Waals surface area contributed by atoms with Gasteiger partial charge in [-0.2, -0.15) is 0 Å². The van der Waals surface area contributed by atoms with Crippen molar-refractivity contribution in [3.63, 3.8) is 0 Å². The first kappa shape index (κ1) is 8.64. The third-order valence-corrected chi connectivity index (χ3v) is 1.88. The lowest BCUT2D eigenvalue weighted by Gasteiger charge is -1.98. The maximum Gasteiger partial charge on any atom is 0.356 e. The Labute approximate surface area is 79.0 Å². The number of hydrogen-bond acceptors (Lipinski definition) is 4. The maximum absolute atomic E-state index is 10.6. The molecule has 0 radical (unpaired) electrons. The molecule has 3 N–H and O–H groups in total. The van der Waals surface area contributed by atoms with Crippen LogP contribution in [0.4, 0.5) is 0 Å². The number of carboxylic acids is 1. The van der Waals surface area contributed by atoms with E-state index in [9.17, 15) is 4.79 Å². The first-order chi connectivity index (χ1) is 6.72. The van der Waals surface area contributed by atoms with Gasteiger partial charge in [0, 0.05) is 24.6 Å². The summed E-state index contributed by atoms with van der Waals surface area (Å²) in [6.45, 7) is 0.314. The van der Waals surface area contributed by atoms with E-state index < -0.39 is 5.97 Å². The molecule has 0 aromatic carbocycles. The lowest BCUT2D eigenvalue weighted by atomic mass is 10.4. The molecule has 2 rings (SSSR count). The molecule has 0 aliphatic heterocycles. The second kappa shape index (κ2) is 3.08. The standard InChI is InChI=1S/C8H8N4O2/c9-3-5-1-2-10-8-11-6(7(13)14)4-12(5)8/h1-2,4H,3,9H2,(H,13,14). The predicted octanol–water partition coefficient (Wildman–Crippen LogP) is -0.114. The largest absolute Gasteiger partial charge is 0.476 e. The van der Waals surface area contributed by atoms with E-state index in [0.29, 0.717) is 12.3 Å². The minimum atomic E-state index is -1.07. The van der Waals surface area contributed by atoms with E-state index in [1.807, 2.05) is 0 Å². The topological polar surface area (TPSA) is 93.5 Å². The van der Waals surface area contributed by atoms with Crippen LogP contribution in [0, 0.1) is 0 Å². The summed E-state index contributed by atoms with van der Waals surface area (Å²) in [4.78, 5) is 18.4. The van der Waals surface area contributed by atoms with Gasteiger partial charge in [-0.3, -0.25) is 4.40 Å². The Hall–Kier alpha value is -1.95. The Kier molecular flexibility index (Phi) is 1.90. The third-order valence-electron chi connectivity index (χ3n) is 1.88. The van der Waals surface area contributed by atoms with Crippen LogP contribution in [0.15, 0.2) is 18.5 Å². The van der Waals surface area contributed by atoms with Crippen LogP contribution in [0.2, 0.25) is 0 Å². The van der Waals surface area contributed by atoms with E-state index in [1.165, 1.54) is 6.20 Å². The Balaban J connectivity index is 2.70. The van der Waals surface area contributed by atoms with Crippen LogP contribution in [-0.2, 0) is 6.54 Å². The molecule has 0 fully saturated rings. The molecule has 14 heavy (non-hydrogen) atoms. The Morgan fingerprint density at radius 2 is 2.43 bits per heavy atom. The number of aromatic nitrogens is 3. The highest BCUT2D eigenvalue weighted by Crippen LogP contribution is 2.05. The van der Waals surface area contributed by atoms with Gasteiger partial charge in [-0.05, 0) is 6.07 Å². The molecule has 0 aliphatic carbocycles. The van der Waals surface area contributed by atoms with E-state index in [-0.39, 0.29) is 5.69 Å². The minimum Gasteiger partial charge on any atom is -0.476 e. The van der Waals surface area contributed by atoms with Gasteiger partial charge in [0.1, 0.15) is 0 Å². The van der Waals surface area contributed by atoms with Gasteiger partial charge >= 0.3 is 5.97 Å². The Bertz CT molecular complexity index is 491. The zero-order valence-corrected chi connectivity index (χ0v) is 7.21. The number of imidazole rings is 1. The van der Waals surface area contributed by atoms with Crippen molar-refractivity contribution in [1.29, 1.82) is 0 Å². The molecule has 2 aromatic rings. The second-order valence-electron chi connectivity index (χ2n) is 2.74. The average molecular weight is 192 g/mol. The molecule has 0 amide bonds. The van der Waals surface area contributed by atoms with E-state index in [2.05, 4.69) is 9.97 Å². The van der Waals surface area contributed by atoms with Gasteiger partial charge in [0.15, 0.2) is 5.69 Å². The van der Waals surface area contributed by atoms with Crippen molar-refractivity contribution in [2.75, 3.05) is 0 Å². The van der Waals surface area contributed by atoms with Crippen molar-refractivity contribution in [3.05, 3.63) is 29.8 Å². The van der Waals surface area contributed by atoms with E-state index >= 15 is 0 Å². The van der Waals surface area contributed by atoms with Gasteiger partial charge < -0.3 is 10.8 Å². The molecule has 0 atom stereocenters. The van der Waals surface area contributed by atoms with Crippen molar-refractivity contribution in [2.45, 2.75) is 6.54 Å². The molecule has 6 nitrogen and oxygen atoms in total. The van der Waals surface area contributed by atoms with Crippen molar-refractivity contribution in [3.8, 4) is 0 Å². The molecule has 2 heterocycles. The van der Waals surface area contributed by atoms with Crippen LogP contribution in [0.3, 0.4) is 0 Å². The Morgan fingerprint density at radius 1 is 1.64 bits per heavy atom. The molecule has 0 spiro atoms. The molecule has 0 bridgehead atoms. The van der Waals surface area contributed by atoms with E-state index in [4.69, 9.17) is 10.8 Å². The number of carbonyl (C=O) groups is 1. The van der Waals surface area contributed by atoms with Crippen molar-refractivity contribution >= 4 is 11.7 Å². The number of rotatable bonds is 2. The van der Waals surface area contributed by atoms with Crippen molar-refractivity contribution in [1.82, 2.24) is 14.4 Å². The summed E-state index contributed by atoms with van der Waals surface area (Å²) in [5, 5.41) is 8.71. The highest BCUT2D eigenvalue weighted by Gasteiger charge is 2.10. The summed E-state index contributed by atoms with van der Waals surface area (Å²) in [6.07, 6.45) is 2.96. The molecule has 0 aliphatic rings. The number of hydrogen-bond donors (Lipinski definition) is 2. The lowest BCUT2D eigenvalue weighted by molar-refractivity contribution is 0.0691. The van der Waals surface area contributed by atoms with Gasteiger partial charge in [0.2, 0.25) is 5.78 Å². The fraction of sp³-hybridized carbons (Fsp3) is 0.125. The Morgan fingerprint density at radius 3 is 3.07 bits per heavy atom. The van der Waals surface area contributed by atoms with Gasteiger partial charge in [0.25, 0.3) is 0 Å². The smallest absolute Gasteiger partial charge is 0.356 e. The monoisotopic (exact) mass is 192 g/mol. The average Bonchev–Trinajstić information content (AvgIpc) is 2.60. The van der Waals surface area contributed by atoms with Crippen LogP contribution in [0.5, 0.6) is 0 Å². The number of aromatic carboxylic acids is 1. The first-order valence-electron chi connectivity index (χ1n) is 3.98. The molecule has 6 heteroatoms. The summed E-state index contributed by atoms with van der Waals surface area (Å²) in [7, 11) is 0. The highest BCUT2D eigenvalue weighted by molar-refractivity contribution is 5.85. The maximum atomic E-state index is 10.6. The van der Waals surface area contributed by atoms with Crippen molar-refractivity contribution in [2.24, 2.45) is 5.73 Å². The molecular formula is C8H8N4O2. The minimum absolute atomic E-state index is 0.0293. The lowest BCUT2D eigenvalue weighted by Crippen LogP contribution is -2.03. The molecule has 0 unspecified atom stereocenters. The number of fused-ring (bicyclic) bond motifs is 1. The fourth-order valence-corrected chi connectivity index (χ4v) is 1.21. The summed E-state index contributed by atoms with van der Waals surface area (Å²) < 4.78 is 1.57. The summed E-state index contributed by atoms with van der Waals surface area (Å²) in [5.41, 5.74) is 6.22. The quantitative estimate of drug-likeness (QED) is 0.692. The van der Waals surface area contributed by atoms with Crippen LogP contribution >= 0.6 is 0 Å². The van der Waals surface area contributed by atoms with Gasteiger partial charge in [-0.25, -0.2) is 14.8 Å². The molecule has 2 aromatic heterocycles. The van der Waals surface area contributed by atoms with Gasteiger partial charge in [-0.15, -0.1) is 0 Å². The number of nitrogens with two attached hydrogens (primary N) is 1. The highest BCUT2D eigenvalue weighted by atomic mass is 16.4. The third kappa shape index (κ3) is 1.21. The van der Waals surface area contributed by atoms with Crippen LogP contribution < -0.4 is 5.73 Å². The molecule has 0 saturated carbocycles. The first-order valence-corrected chi connectivity index (χ1v) is 3.98. The van der Waals surface area contributed by atoms with Gasteiger partial charge in [0.05, 0.1) is 0 Å². The predicted molar refractivity (Wildman–Crippen MR) is 47.8 cm³/mol. The van der Waals surface area contributed by atoms with Crippen molar-refractivity contribution < 1.29 is 9.90 Å². The van der Waals surface area contributed by atoms with Crippen LogP contribution in [-0.4, -0.2) is 25.4 Å². The molecule has 0 saturated heterocycles. The summed E-state index contributed by atoms with van der Waals surface area (Å²) in [5.74, 6) is -0.719. The van der Waals surface area contributed by atoms with Gasteiger partial charge in [-0.1, -0.05) is 0 Å². The van der Waals surface area contributed by atoms with E-state index in [0.717, 1.165) is 5.69 Å². The van der Waals surface area contributed by atoms with Crippen LogP contribution in [0.25, 0.3) is 5.78 Å². The fourth-order valence-electron chi connectivity index (χ4n) is 1.21. The number of nitrogens with zero attached hydrogens (tertiary/aromatic N) is 3.